The van der Waals surface area contributed by atoms with Crippen LogP contribution in [-0.4, -0.2) is 23.5 Å². The summed E-state index contributed by atoms with van der Waals surface area (Å²) in [5.41, 5.74) is 0.799. The number of imide groups is 1. The number of hydroxylamine groups is 2. The molecule has 3 rings (SSSR count). The van der Waals surface area contributed by atoms with Crippen LogP contribution < -0.4 is 0 Å². The van der Waals surface area contributed by atoms with E-state index >= 15 is 0 Å². The van der Waals surface area contributed by atoms with Crippen molar-refractivity contribution in [2.75, 3.05) is 6.61 Å². The van der Waals surface area contributed by atoms with Crippen LogP contribution in [0.25, 0.3) is 6.08 Å². The predicted octanol–water partition coefficient (Wildman–Crippen LogP) is 3.38. The average molecular weight is 299 g/mol. The van der Waals surface area contributed by atoms with Crippen LogP contribution in [0.2, 0.25) is 0 Å². The van der Waals surface area contributed by atoms with Gasteiger partial charge in [-0.1, -0.05) is 24.3 Å². The third kappa shape index (κ3) is 2.79. The molecule has 1 aliphatic rings. The first-order chi connectivity index (χ1) is 10.3. The lowest BCUT2D eigenvalue weighted by atomic mass is 10.1. The summed E-state index contributed by atoms with van der Waals surface area (Å²) in [6.07, 6.45) is 4.59. The van der Waals surface area contributed by atoms with Crippen molar-refractivity contribution in [3.05, 3.63) is 63.9 Å². The van der Waals surface area contributed by atoms with Crippen molar-refractivity contribution >= 4 is 29.2 Å². The summed E-state index contributed by atoms with van der Waals surface area (Å²) in [7, 11) is 0. The fraction of sp³-hybridized carbons (Fsp3) is 0.125. The maximum absolute atomic E-state index is 12.0. The van der Waals surface area contributed by atoms with Gasteiger partial charge in [-0.15, -0.1) is 16.4 Å². The Bertz CT molecular complexity index is 656. The lowest BCUT2D eigenvalue weighted by Gasteiger charge is -2.12. The van der Waals surface area contributed by atoms with E-state index in [-0.39, 0.29) is 6.61 Å². The molecule has 2 heterocycles. The van der Waals surface area contributed by atoms with E-state index in [1.165, 1.54) is 0 Å². The van der Waals surface area contributed by atoms with Crippen LogP contribution >= 0.6 is 11.3 Å². The molecule has 5 heteroatoms. The molecule has 4 nitrogen and oxygen atoms in total. The summed E-state index contributed by atoms with van der Waals surface area (Å²) >= 11 is 1.65. The smallest absolute Gasteiger partial charge is 0.266 e. The van der Waals surface area contributed by atoms with E-state index in [0.717, 1.165) is 9.94 Å². The van der Waals surface area contributed by atoms with Crippen molar-refractivity contribution in [2.24, 2.45) is 0 Å². The first-order valence-electron chi connectivity index (χ1n) is 6.58. The second kappa shape index (κ2) is 6.03. The number of carbonyl (C=O) groups excluding carboxylic acids is 2. The van der Waals surface area contributed by atoms with Gasteiger partial charge in [0.25, 0.3) is 11.8 Å². The van der Waals surface area contributed by atoms with Gasteiger partial charge in [0, 0.05) is 4.88 Å². The molecule has 2 amide bonds. The molecule has 0 atom stereocenters. The van der Waals surface area contributed by atoms with Gasteiger partial charge < -0.3 is 0 Å². The minimum atomic E-state index is -0.391. The summed E-state index contributed by atoms with van der Waals surface area (Å²) in [5.74, 6) is -0.782. The molecule has 0 bridgehead atoms. The molecule has 0 N–H and O–H groups in total. The molecule has 1 aromatic heterocycles. The Morgan fingerprint density at radius 1 is 1.05 bits per heavy atom. The van der Waals surface area contributed by atoms with Crippen LogP contribution in [0.4, 0.5) is 0 Å². The average Bonchev–Trinajstić information content (AvgIpc) is 3.10. The van der Waals surface area contributed by atoms with Gasteiger partial charge in [0.2, 0.25) is 0 Å². The van der Waals surface area contributed by atoms with Crippen molar-refractivity contribution < 1.29 is 14.4 Å². The summed E-state index contributed by atoms with van der Waals surface area (Å²) in [5, 5.41) is 2.86. The minimum Gasteiger partial charge on any atom is -0.266 e. The van der Waals surface area contributed by atoms with Crippen LogP contribution in [0.3, 0.4) is 0 Å². The Morgan fingerprint density at radius 2 is 1.76 bits per heavy atom. The van der Waals surface area contributed by atoms with Gasteiger partial charge in [-0.05, 0) is 36.1 Å². The molecule has 0 saturated carbocycles. The van der Waals surface area contributed by atoms with E-state index in [0.29, 0.717) is 17.5 Å². The van der Waals surface area contributed by atoms with Gasteiger partial charge in [-0.2, -0.15) is 0 Å². The van der Waals surface area contributed by atoms with Crippen LogP contribution in [0.1, 0.15) is 32.0 Å². The standard InChI is InChI=1S/C16H13NO3S/c18-15-13-8-1-2-9-14(13)16(19)17(15)20-10-4-3-6-12-7-5-11-21-12/h1-3,5-9,11H,4,10H2/b6-3+. The Hall–Kier alpha value is -2.24. The Kier molecular flexibility index (Phi) is 3.94. The summed E-state index contributed by atoms with van der Waals surface area (Å²) in [6.45, 7) is 0.285. The van der Waals surface area contributed by atoms with Gasteiger partial charge in [0.15, 0.2) is 0 Å². The molecule has 106 valence electrons. The number of benzene rings is 1. The largest absolute Gasteiger partial charge is 0.285 e. The molecular weight excluding hydrogens is 286 g/mol. The van der Waals surface area contributed by atoms with E-state index in [1.807, 2.05) is 29.7 Å². The second-order valence-corrected chi connectivity index (χ2v) is 5.47. The molecule has 0 spiro atoms. The fourth-order valence-corrected chi connectivity index (χ4v) is 2.73. The van der Waals surface area contributed by atoms with Crippen LogP contribution in [0, 0.1) is 0 Å². The molecule has 0 aliphatic carbocycles. The lowest BCUT2D eigenvalue weighted by molar-refractivity contribution is -0.0896. The van der Waals surface area contributed by atoms with Crippen LogP contribution in [0.15, 0.2) is 47.9 Å². The zero-order chi connectivity index (χ0) is 14.7. The highest BCUT2D eigenvalue weighted by Gasteiger charge is 2.36. The van der Waals surface area contributed by atoms with Crippen LogP contribution in [-0.2, 0) is 4.84 Å². The molecule has 2 aromatic rings. The quantitative estimate of drug-likeness (QED) is 0.628. The van der Waals surface area contributed by atoms with Crippen molar-refractivity contribution in [3.63, 3.8) is 0 Å². The van der Waals surface area contributed by atoms with Crippen LogP contribution in [0.5, 0.6) is 0 Å². The molecule has 1 aromatic carbocycles. The maximum atomic E-state index is 12.0. The topological polar surface area (TPSA) is 46.6 Å². The van der Waals surface area contributed by atoms with Gasteiger partial charge in [-0.25, -0.2) is 0 Å². The summed E-state index contributed by atoms with van der Waals surface area (Å²) < 4.78 is 0. The monoisotopic (exact) mass is 299 g/mol. The fourth-order valence-electron chi connectivity index (χ4n) is 2.08. The highest BCUT2D eigenvalue weighted by molar-refractivity contribution is 7.10. The molecule has 1 aliphatic heterocycles. The van der Waals surface area contributed by atoms with Crippen molar-refractivity contribution in [3.8, 4) is 0 Å². The molecule has 0 saturated heterocycles. The number of rotatable bonds is 5. The number of amides is 2. The SMILES string of the molecule is O=C1c2ccccc2C(=O)N1OCC/C=C/c1cccs1. The molecule has 0 radical (unpaired) electrons. The molecule has 21 heavy (non-hydrogen) atoms. The molecule has 0 fully saturated rings. The zero-order valence-electron chi connectivity index (χ0n) is 11.2. The third-order valence-electron chi connectivity index (χ3n) is 3.09. The number of fused-ring (bicyclic) bond motifs is 1. The van der Waals surface area contributed by atoms with E-state index in [1.54, 1.807) is 35.6 Å². The van der Waals surface area contributed by atoms with Gasteiger partial charge in [0.1, 0.15) is 0 Å². The number of thiophene rings is 1. The lowest BCUT2D eigenvalue weighted by Crippen LogP contribution is -2.30. The number of nitrogens with zero attached hydrogens (tertiary/aromatic N) is 1. The zero-order valence-corrected chi connectivity index (χ0v) is 12.0. The number of hydrogen-bond acceptors (Lipinski definition) is 4. The number of carbonyl (C=O) groups is 2. The van der Waals surface area contributed by atoms with Crippen molar-refractivity contribution in [1.82, 2.24) is 5.06 Å². The Morgan fingerprint density at radius 3 is 2.38 bits per heavy atom. The Balaban J connectivity index is 1.55. The number of hydrogen-bond donors (Lipinski definition) is 0. The highest BCUT2D eigenvalue weighted by Crippen LogP contribution is 2.22. The first-order valence-corrected chi connectivity index (χ1v) is 7.46. The molecule has 0 unspecified atom stereocenters. The predicted molar refractivity (Wildman–Crippen MR) is 80.9 cm³/mol. The van der Waals surface area contributed by atoms with Crippen molar-refractivity contribution in [1.29, 1.82) is 0 Å². The third-order valence-corrected chi connectivity index (χ3v) is 3.92. The maximum Gasteiger partial charge on any atom is 0.285 e. The van der Waals surface area contributed by atoms with E-state index in [2.05, 4.69) is 0 Å². The van der Waals surface area contributed by atoms with Gasteiger partial charge in [0.05, 0.1) is 17.7 Å². The van der Waals surface area contributed by atoms with Gasteiger partial charge >= 0.3 is 0 Å². The van der Waals surface area contributed by atoms with Gasteiger partial charge in [-0.3, -0.25) is 14.4 Å². The molecular formula is C16H13NO3S. The minimum absolute atomic E-state index is 0.285. The highest BCUT2D eigenvalue weighted by atomic mass is 32.1. The Labute approximate surface area is 126 Å². The van der Waals surface area contributed by atoms with E-state index < -0.39 is 11.8 Å². The summed E-state index contributed by atoms with van der Waals surface area (Å²) in [6, 6.07) is 10.7. The first kappa shape index (κ1) is 13.7. The normalized spacial score (nSPS) is 14.2. The van der Waals surface area contributed by atoms with E-state index in [9.17, 15) is 9.59 Å². The van der Waals surface area contributed by atoms with E-state index in [4.69, 9.17) is 4.84 Å². The second-order valence-electron chi connectivity index (χ2n) is 4.49. The summed E-state index contributed by atoms with van der Waals surface area (Å²) in [4.78, 5) is 30.5. The van der Waals surface area contributed by atoms with Crippen molar-refractivity contribution in [2.45, 2.75) is 6.42 Å².